The van der Waals surface area contributed by atoms with Gasteiger partial charge < -0.3 is 19.4 Å². The SMILES string of the molecule is Cc1cc(C)c2c(c1)C(=O)C(C1C(=O)Oc3cccc(C)c3C1O)=C(c1c(O)c3c(C)cccc3oc1=O)C2=O. The molecule has 8 nitrogen and oxygen atoms in total. The minimum Gasteiger partial charge on any atom is -0.506 e. The third-order valence-corrected chi connectivity index (χ3v) is 7.73. The van der Waals surface area contributed by atoms with Crippen molar-refractivity contribution in [3.8, 4) is 11.5 Å². The Labute approximate surface area is 228 Å². The minimum absolute atomic E-state index is 0.0395. The molecule has 2 unspecified atom stereocenters. The highest BCUT2D eigenvalue weighted by atomic mass is 16.5. The molecule has 0 saturated carbocycles. The summed E-state index contributed by atoms with van der Waals surface area (Å²) in [5.74, 6) is -4.50. The number of aryl methyl sites for hydroxylation is 4. The van der Waals surface area contributed by atoms with Crippen molar-refractivity contribution in [2.24, 2.45) is 5.92 Å². The number of carbonyl (C=O) groups excluding carboxylic acids is 3. The van der Waals surface area contributed by atoms with Gasteiger partial charge in [-0.25, -0.2) is 4.79 Å². The first-order valence-corrected chi connectivity index (χ1v) is 12.7. The van der Waals surface area contributed by atoms with E-state index in [0.29, 0.717) is 22.3 Å². The maximum Gasteiger partial charge on any atom is 0.348 e. The number of aliphatic hydroxyl groups excluding tert-OH is 1. The van der Waals surface area contributed by atoms with E-state index in [1.807, 2.05) is 0 Å². The summed E-state index contributed by atoms with van der Waals surface area (Å²) < 4.78 is 11.0. The van der Waals surface area contributed by atoms with Gasteiger partial charge in [0.1, 0.15) is 34.7 Å². The van der Waals surface area contributed by atoms with Crippen molar-refractivity contribution in [1.82, 2.24) is 0 Å². The van der Waals surface area contributed by atoms with Crippen LogP contribution >= 0.6 is 0 Å². The molecule has 0 saturated heterocycles. The summed E-state index contributed by atoms with van der Waals surface area (Å²) in [5, 5.41) is 23.2. The van der Waals surface area contributed by atoms with Gasteiger partial charge in [-0.15, -0.1) is 0 Å². The van der Waals surface area contributed by atoms with Crippen LogP contribution in [0.5, 0.6) is 11.5 Å². The van der Waals surface area contributed by atoms with Gasteiger partial charge in [-0.1, -0.05) is 35.9 Å². The van der Waals surface area contributed by atoms with Gasteiger partial charge in [-0.05, 0) is 62.6 Å². The Morgan fingerprint density at radius 1 is 0.800 bits per heavy atom. The van der Waals surface area contributed by atoms with Crippen LogP contribution < -0.4 is 10.4 Å². The van der Waals surface area contributed by atoms with Crippen LogP contribution in [0, 0.1) is 33.6 Å². The highest BCUT2D eigenvalue weighted by molar-refractivity contribution is 6.42. The van der Waals surface area contributed by atoms with E-state index in [1.54, 1.807) is 58.0 Å². The zero-order chi connectivity index (χ0) is 28.6. The highest BCUT2D eigenvalue weighted by Crippen LogP contribution is 2.47. The number of fused-ring (bicyclic) bond motifs is 3. The van der Waals surface area contributed by atoms with Gasteiger partial charge >= 0.3 is 11.6 Å². The largest absolute Gasteiger partial charge is 0.506 e. The quantitative estimate of drug-likeness (QED) is 0.212. The van der Waals surface area contributed by atoms with Crippen molar-refractivity contribution in [1.29, 1.82) is 0 Å². The zero-order valence-electron chi connectivity index (χ0n) is 22.1. The van der Waals surface area contributed by atoms with Crippen LogP contribution in [0.1, 0.15) is 60.2 Å². The summed E-state index contributed by atoms with van der Waals surface area (Å²) in [7, 11) is 0. The molecule has 0 spiro atoms. The maximum atomic E-state index is 14.3. The number of aliphatic hydroxyl groups is 1. The minimum atomic E-state index is -1.65. The third-order valence-electron chi connectivity index (χ3n) is 7.73. The number of esters is 1. The molecule has 40 heavy (non-hydrogen) atoms. The van der Waals surface area contributed by atoms with Crippen molar-refractivity contribution in [3.05, 3.63) is 109 Å². The summed E-state index contributed by atoms with van der Waals surface area (Å²) in [5.41, 5.74) is 0.308. The maximum absolute atomic E-state index is 14.3. The third kappa shape index (κ3) is 3.49. The summed E-state index contributed by atoms with van der Waals surface area (Å²) in [6.45, 7) is 6.84. The first-order chi connectivity index (χ1) is 19.0. The molecule has 1 aliphatic carbocycles. The number of hydrogen-bond acceptors (Lipinski definition) is 8. The van der Waals surface area contributed by atoms with Crippen molar-refractivity contribution in [3.63, 3.8) is 0 Å². The lowest BCUT2D eigenvalue weighted by Gasteiger charge is -2.33. The number of rotatable bonds is 2. The van der Waals surface area contributed by atoms with Crippen molar-refractivity contribution in [2.75, 3.05) is 0 Å². The van der Waals surface area contributed by atoms with Crippen LogP contribution in [-0.4, -0.2) is 27.7 Å². The molecule has 4 aromatic rings. The summed E-state index contributed by atoms with van der Waals surface area (Å²) in [6.07, 6.45) is -1.57. The van der Waals surface area contributed by atoms with Crippen LogP contribution in [0.2, 0.25) is 0 Å². The van der Waals surface area contributed by atoms with Gasteiger partial charge in [0.2, 0.25) is 0 Å². The molecule has 1 aliphatic heterocycles. The van der Waals surface area contributed by atoms with Crippen molar-refractivity contribution >= 4 is 34.1 Å². The van der Waals surface area contributed by atoms with E-state index in [4.69, 9.17) is 9.15 Å². The average Bonchev–Trinajstić information content (AvgIpc) is 2.87. The molecule has 0 fully saturated rings. The first-order valence-electron chi connectivity index (χ1n) is 12.7. The fraction of sp³-hybridized carbons (Fsp3) is 0.188. The fourth-order valence-corrected chi connectivity index (χ4v) is 5.99. The molecule has 2 atom stereocenters. The summed E-state index contributed by atoms with van der Waals surface area (Å²) in [6, 6.07) is 13.0. The lowest BCUT2D eigenvalue weighted by atomic mass is 9.72. The standard InChI is InChI=1S/C32H24O8/c1-13-11-16(4)20-17(12-13)27(33)23(25-29(35)21-14(2)7-5-9-18(21)39-31(25)37)24(28(20)34)26-30(36)22-15(3)8-6-10-19(22)40-32(26)38/h5-12,25,29,35-36H,1-4H3. The van der Waals surface area contributed by atoms with Gasteiger partial charge in [0.25, 0.3) is 0 Å². The second-order valence-electron chi connectivity index (χ2n) is 10.3. The predicted octanol–water partition coefficient (Wildman–Crippen LogP) is 4.83. The van der Waals surface area contributed by atoms with Crippen LogP contribution in [0.4, 0.5) is 0 Å². The van der Waals surface area contributed by atoms with E-state index in [0.717, 1.165) is 0 Å². The Morgan fingerprint density at radius 2 is 1.50 bits per heavy atom. The molecule has 2 aliphatic rings. The molecule has 8 heteroatoms. The Kier molecular flexibility index (Phi) is 5.64. The highest BCUT2D eigenvalue weighted by Gasteiger charge is 2.48. The second-order valence-corrected chi connectivity index (χ2v) is 10.3. The van der Waals surface area contributed by atoms with Gasteiger partial charge in [-0.3, -0.25) is 14.4 Å². The number of Topliss-reactive ketones (excluding diaryl/α,β-unsaturated/α-hetero) is 2. The average molecular weight is 537 g/mol. The van der Waals surface area contributed by atoms with E-state index in [-0.39, 0.29) is 33.4 Å². The van der Waals surface area contributed by atoms with Gasteiger partial charge in [-0.2, -0.15) is 0 Å². The number of ketones is 2. The molecule has 0 amide bonds. The number of ether oxygens (including phenoxy) is 1. The van der Waals surface area contributed by atoms with E-state index < -0.39 is 57.6 Å². The lowest BCUT2D eigenvalue weighted by Crippen LogP contribution is -2.39. The number of carbonyl (C=O) groups is 3. The Morgan fingerprint density at radius 3 is 2.25 bits per heavy atom. The molecule has 1 aromatic heterocycles. The molecular weight excluding hydrogens is 512 g/mol. The van der Waals surface area contributed by atoms with E-state index in [9.17, 15) is 29.4 Å². The molecule has 0 radical (unpaired) electrons. The lowest BCUT2D eigenvalue weighted by molar-refractivity contribution is -0.143. The van der Waals surface area contributed by atoms with E-state index in [1.165, 1.54) is 18.2 Å². The van der Waals surface area contributed by atoms with Crippen LogP contribution in [0.15, 0.2) is 63.3 Å². The predicted molar refractivity (Wildman–Crippen MR) is 146 cm³/mol. The van der Waals surface area contributed by atoms with Crippen LogP contribution in [0.25, 0.3) is 16.5 Å². The second kappa shape index (κ2) is 8.86. The first kappa shape index (κ1) is 25.5. The molecule has 200 valence electrons. The molecular formula is C32H24O8. The topological polar surface area (TPSA) is 131 Å². The molecule has 6 rings (SSSR count). The van der Waals surface area contributed by atoms with Crippen molar-refractivity contribution in [2.45, 2.75) is 33.8 Å². The summed E-state index contributed by atoms with van der Waals surface area (Å²) >= 11 is 0. The number of allylic oxidation sites excluding steroid dienone is 1. The number of hydrogen-bond donors (Lipinski definition) is 2. The molecule has 2 N–H and O–H groups in total. The Bertz CT molecular complexity index is 1920. The van der Waals surface area contributed by atoms with E-state index >= 15 is 0 Å². The number of aromatic hydroxyl groups is 1. The van der Waals surface area contributed by atoms with Crippen LogP contribution in [-0.2, 0) is 4.79 Å². The summed E-state index contributed by atoms with van der Waals surface area (Å²) in [4.78, 5) is 55.4. The monoisotopic (exact) mass is 536 g/mol. The Hall–Kier alpha value is -4.82. The number of benzene rings is 3. The van der Waals surface area contributed by atoms with Gasteiger partial charge in [0.15, 0.2) is 11.6 Å². The molecule has 3 aromatic carbocycles. The van der Waals surface area contributed by atoms with E-state index in [2.05, 4.69) is 0 Å². The molecule has 2 heterocycles. The zero-order valence-corrected chi connectivity index (χ0v) is 22.1. The normalized spacial score (nSPS) is 18.6. The Balaban J connectivity index is 1.74. The molecule has 0 bridgehead atoms. The van der Waals surface area contributed by atoms with Crippen LogP contribution in [0.3, 0.4) is 0 Å². The fourth-order valence-electron chi connectivity index (χ4n) is 5.99. The van der Waals surface area contributed by atoms with Gasteiger partial charge in [0, 0.05) is 27.8 Å². The van der Waals surface area contributed by atoms with Gasteiger partial charge in [0.05, 0.1) is 5.39 Å². The van der Waals surface area contributed by atoms with Crippen molar-refractivity contribution < 1.29 is 33.8 Å². The smallest absolute Gasteiger partial charge is 0.348 e.